The Hall–Kier alpha value is -1.02. The molecule has 7 atom stereocenters. The molecule has 0 saturated carbocycles. The summed E-state index contributed by atoms with van der Waals surface area (Å²) >= 11 is 0. The quantitative estimate of drug-likeness (QED) is 0.563. The topological polar surface area (TPSA) is 75.0 Å². The molecule has 0 unspecified atom stereocenters. The van der Waals surface area contributed by atoms with Crippen LogP contribution in [0.2, 0.25) is 0 Å². The number of rotatable bonds is 11. The lowest BCUT2D eigenvalue weighted by Gasteiger charge is -2.40. The van der Waals surface area contributed by atoms with Gasteiger partial charge in [0.05, 0.1) is 18.8 Å². The minimum absolute atomic E-state index is 0.0176. The molecule has 3 rings (SSSR count). The van der Waals surface area contributed by atoms with Crippen molar-refractivity contribution in [3.8, 4) is 0 Å². The van der Waals surface area contributed by atoms with Crippen LogP contribution in [-0.4, -0.2) is 62.5 Å². The van der Waals surface area contributed by atoms with Gasteiger partial charge in [0, 0.05) is 19.2 Å². The van der Waals surface area contributed by atoms with E-state index in [2.05, 4.69) is 50.4 Å². The van der Waals surface area contributed by atoms with Crippen LogP contribution in [0.4, 0.5) is 0 Å². The Morgan fingerprint density at radius 2 is 2.00 bits per heavy atom. The third kappa shape index (κ3) is 5.75. The number of fused-ring (bicyclic) bond motifs is 2. The molecule has 2 heterocycles. The maximum atomic E-state index is 6.39. The number of hydrogen-bond acceptors (Lipinski definition) is 6. The van der Waals surface area contributed by atoms with E-state index < -0.39 is 6.29 Å². The second-order valence-corrected chi connectivity index (χ2v) is 8.05. The summed E-state index contributed by atoms with van der Waals surface area (Å²) in [6, 6.07) is 10.6. The van der Waals surface area contributed by atoms with Crippen molar-refractivity contribution >= 4 is 0 Å². The van der Waals surface area contributed by atoms with Gasteiger partial charge < -0.3 is 30.0 Å². The number of nitrogens with one attached hydrogen (secondary N) is 1. The van der Waals surface area contributed by atoms with Gasteiger partial charge in [0.2, 0.25) is 0 Å². The molecule has 3 N–H and O–H groups in total. The second kappa shape index (κ2) is 10.7. The van der Waals surface area contributed by atoms with Crippen molar-refractivity contribution in [1.82, 2.24) is 5.32 Å². The largest absolute Gasteiger partial charge is 0.373 e. The van der Waals surface area contributed by atoms with Gasteiger partial charge in [-0.2, -0.15) is 0 Å². The van der Waals surface area contributed by atoms with Crippen molar-refractivity contribution in [2.45, 2.75) is 82.8 Å². The van der Waals surface area contributed by atoms with Gasteiger partial charge in [0.1, 0.15) is 18.3 Å². The minimum Gasteiger partial charge on any atom is -0.373 e. The Kier molecular flexibility index (Phi) is 8.26. The van der Waals surface area contributed by atoms with Crippen LogP contribution in [0.25, 0.3) is 0 Å². The molecule has 1 aromatic carbocycles. The predicted octanol–water partition coefficient (Wildman–Crippen LogP) is 2.25. The summed E-state index contributed by atoms with van der Waals surface area (Å²) in [6.45, 7) is 8.41. The Bertz CT molecular complexity index is 573. The highest BCUT2D eigenvalue weighted by atomic mass is 16.7. The fraction of sp³-hybridized carbons (Fsp3) is 0.727. The van der Waals surface area contributed by atoms with Crippen LogP contribution in [0.15, 0.2) is 30.3 Å². The Labute approximate surface area is 169 Å². The Morgan fingerprint density at radius 3 is 2.75 bits per heavy atom. The fourth-order valence-corrected chi connectivity index (χ4v) is 3.86. The Morgan fingerprint density at radius 1 is 1.21 bits per heavy atom. The zero-order chi connectivity index (χ0) is 19.9. The smallest absolute Gasteiger partial charge is 0.175 e. The molecule has 2 fully saturated rings. The third-order valence-corrected chi connectivity index (χ3v) is 5.45. The molecule has 6 heteroatoms. The maximum absolute atomic E-state index is 6.39. The van der Waals surface area contributed by atoms with Gasteiger partial charge in [0.25, 0.3) is 0 Å². The molecule has 1 aromatic rings. The number of unbranched alkanes of at least 4 members (excludes halogenated alkanes) is 1. The summed E-state index contributed by atoms with van der Waals surface area (Å²) in [5.74, 6) is 0. The number of ether oxygens (including phenoxy) is 4. The first-order valence-corrected chi connectivity index (χ1v) is 10.7. The van der Waals surface area contributed by atoms with Crippen molar-refractivity contribution in [3.05, 3.63) is 35.9 Å². The van der Waals surface area contributed by atoms with Crippen LogP contribution in [0.3, 0.4) is 0 Å². The molecule has 2 bridgehead atoms. The molecular weight excluding hydrogens is 356 g/mol. The summed E-state index contributed by atoms with van der Waals surface area (Å²) in [5, 5.41) is 3.57. The molecule has 6 nitrogen and oxygen atoms in total. The predicted molar refractivity (Wildman–Crippen MR) is 109 cm³/mol. The van der Waals surface area contributed by atoms with Crippen LogP contribution < -0.4 is 11.1 Å². The van der Waals surface area contributed by atoms with E-state index in [9.17, 15) is 0 Å². The SMILES string of the molecule is CCCCO[C@H]1[C@H](O[C@H](C)CN[C@H](C)Cc2ccccc2)[C@@H](N)[C@@H]2OC[C@H]1O2. The molecule has 2 aliphatic heterocycles. The standard InChI is InChI=1S/C22H36N2O4/c1-4-5-11-25-20-18-14-26-22(28-18)19(23)21(20)27-16(3)13-24-15(2)12-17-9-7-6-8-10-17/h6-10,15-16,18-22,24H,4-5,11-14,23H2,1-3H3/t15-,16-,18-,19-,20-,21-,22-/m1/s1. The van der Waals surface area contributed by atoms with E-state index in [-0.39, 0.29) is 30.5 Å². The highest BCUT2D eigenvalue weighted by Gasteiger charge is 2.50. The van der Waals surface area contributed by atoms with Crippen molar-refractivity contribution in [3.63, 3.8) is 0 Å². The van der Waals surface area contributed by atoms with Gasteiger partial charge in [0.15, 0.2) is 6.29 Å². The van der Waals surface area contributed by atoms with Gasteiger partial charge in [-0.25, -0.2) is 0 Å². The average Bonchev–Trinajstić information content (AvgIpc) is 3.14. The molecule has 158 valence electrons. The number of hydrogen-bond donors (Lipinski definition) is 2. The van der Waals surface area contributed by atoms with Crippen LogP contribution in [-0.2, 0) is 25.4 Å². The molecule has 2 aliphatic rings. The van der Waals surface area contributed by atoms with Crippen molar-refractivity contribution in [1.29, 1.82) is 0 Å². The summed E-state index contributed by atoms with van der Waals surface area (Å²) in [4.78, 5) is 0. The van der Waals surface area contributed by atoms with Gasteiger partial charge >= 0.3 is 0 Å². The lowest BCUT2D eigenvalue weighted by molar-refractivity contribution is -0.215. The van der Waals surface area contributed by atoms with E-state index in [0.717, 1.165) is 25.8 Å². The minimum atomic E-state index is -0.391. The lowest BCUT2D eigenvalue weighted by Crippen LogP contribution is -2.60. The number of nitrogens with two attached hydrogens (primary N) is 1. The molecule has 0 spiro atoms. The highest BCUT2D eigenvalue weighted by molar-refractivity contribution is 5.15. The van der Waals surface area contributed by atoms with Crippen molar-refractivity contribution in [2.75, 3.05) is 19.8 Å². The second-order valence-electron chi connectivity index (χ2n) is 8.05. The van der Waals surface area contributed by atoms with Crippen LogP contribution in [0.5, 0.6) is 0 Å². The van der Waals surface area contributed by atoms with Crippen LogP contribution in [0, 0.1) is 0 Å². The lowest BCUT2D eigenvalue weighted by atomic mass is 9.98. The molecule has 0 aliphatic carbocycles. The molecule has 0 aromatic heterocycles. The van der Waals surface area contributed by atoms with Crippen LogP contribution >= 0.6 is 0 Å². The van der Waals surface area contributed by atoms with Gasteiger partial charge in [-0.05, 0) is 32.3 Å². The first-order chi connectivity index (χ1) is 13.6. The van der Waals surface area contributed by atoms with E-state index in [1.54, 1.807) is 0 Å². The maximum Gasteiger partial charge on any atom is 0.175 e. The molecule has 2 saturated heterocycles. The monoisotopic (exact) mass is 392 g/mol. The summed E-state index contributed by atoms with van der Waals surface area (Å²) in [7, 11) is 0. The normalized spacial score (nSPS) is 31.6. The first kappa shape index (κ1) is 21.7. The van der Waals surface area contributed by atoms with E-state index in [1.807, 2.05) is 6.07 Å². The van der Waals surface area contributed by atoms with E-state index >= 15 is 0 Å². The highest BCUT2D eigenvalue weighted by Crippen LogP contribution is 2.31. The van der Waals surface area contributed by atoms with Gasteiger partial charge in [-0.1, -0.05) is 43.7 Å². The van der Waals surface area contributed by atoms with Crippen LogP contribution in [0.1, 0.15) is 39.2 Å². The van der Waals surface area contributed by atoms with Gasteiger partial charge in [-0.15, -0.1) is 0 Å². The summed E-state index contributed by atoms with van der Waals surface area (Å²) < 4.78 is 24.0. The zero-order valence-electron chi connectivity index (χ0n) is 17.4. The van der Waals surface area contributed by atoms with E-state index in [0.29, 0.717) is 19.3 Å². The Balaban J connectivity index is 1.49. The van der Waals surface area contributed by atoms with Gasteiger partial charge in [-0.3, -0.25) is 0 Å². The molecule has 28 heavy (non-hydrogen) atoms. The van der Waals surface area contributed by atoms with Crippen molar-refractivity contribution < 1.29 is 18.9 Å². The van der Waals surface area contributed by atoms with Crippen molar-refractivity contribution in [2.24, 2.45) is 5.73 Å². The summed E-state index contributed by atoms with van der Waals surface area (Å²) in [6.07, 6.45) is 2.24. The number of benzene rings is 1. The zero-order valence-corrected chi connectivity index (χ0v) is 17.4. The van der Waals surface area contributed by atoms with E-state index in [4.69, 9.17) is 24.7 Å². The third-order valence-electron chi connectivity index (χ3n) is 5.45. The average molecular weight is 393 g/mol. The molecular formula is C22H36N2O4. The fourth-order valence-electron chi connectivity index (χ4n) is 3.86. The summed E-state index contributed by atoms with van der Waals surface area (Å²) in [5.41, 5.74) is 7.72. The first-order valence-electron chi connectivity index (χ1n) is 10.7. The van der Waals surface area contributed by atoms with E-state index in [1.165, 1.54) is 5.56 Å². The molecule has 0 radical (unpaired) electrons. The molecule has 0 amide bonds.